The number of rotatable bonds is 5. The van der Waals surface area contributed by atoms with Crippen LogP contribution >= 0.6 is 23.2 Å². The van der Waals surface area contributed by atoms with E-state index in [-0.39, 0.29) is 0 Å². The summed E-state index contributed by atoms with van der Waals surface area (Å²) in [6, 6.07) is 13.2. The van der Waals surface area contributed by atoms with Crippen LogP contribution in [0.4, 0.5) is 0 Å². The van der Waals surface area contributed by atoms with Gasteiger partial charge in [-0.15, -0.1) is 10.2 Å². The van der Waals surface area contributed by atoms with Crippen LogP contribution in [0, 0.1) is 0 Å². The minimum absolute atomic E-state index is 0.398. The Morgan fingerprint density at radius 2 is 1.83 bits per heavy atom. The molecule has 0 radical (unpaired) electrons. The molecule has 0 bridgehead atoms. The van der Waals surface area contributed by atoms with Crippen molar-refractivity contribution in [2.75, 3.05) is 0 Å². The van der Waals surface area contributed by atoms with Crippen LogP contribution in [0.15, 0.2) is 60.2 Å². The van der Waals surface area contributed by atoms with Crippen molar-refractivity contribution >= 4 is 29.4 Å². The third kappa shape index (κ3) is 4.09. The Morgan fingerprint density at radius 1 is 1.09 bits per heavy atom. The molecule has 0 amide bonds. The maximum absolute atomic E-state index is 6.26. The van der Waals surface area contributed by atoms with Crippen molar-refractivity contribution in [1.82, 2.24) is 14.9 Å². The molecular weight excluding hydrogens is 335 g/mol. The van der Waals surface area contributed by atoms with Crippen LogP contribution in [-0.2, 0) is 6.61 Å². The first-order chi connectivity index (χ1) is 11.2. The van der Waals surface area contributed by atoms with Gasteiger partial charge in [0.1, 0.15) is 25.0 Å². The van der Waals surface area contributed by atoms with Crippen LogP contribution in [-0.4, -0.2) is 21.1 Å². The van der Waals surface area contributed by atoms with Gasteiger partial charge >= 0.3 is 0 Å². The fraction of sp³-hybridized carbons (Fsp3) is 0.0625. The Kier molecular flexibility index (Phi) is 4.90. The molecule has 0 aliphatic carbocycles. The lowest BCUT2D eigenvalue weighted by Crippen LogP contribution is -2.00. The van der Waals surface area contributed by atoms with Gasteiger partial charge in [-0.3, -0.25) is 0 Å². The molecule has 0 fully saturated rings. The van der Waals surface area contributed by atoms with Crippen LogP contribution in [0.2, 0.25) is 10.0 Å². The zero-order chi connectivity index (χ0) is 16.1. The van der Waals surface area contributed by atoms with Crippen LogP contribution in [0.25, 0.3) is 0 Å². The van der Waals surface area contributed by atoms with Crippen molar-refractivity contribution in [3.05, 3.63) is 76.3 Å². The molecule has 5 nitrogen and oxygen atoms in total. The summed E-state index contributed by atoms with van der Waals surface area (Å²) in [6.45, 7) is 0.398. The Labute approximate surface area is 143 Å². The van der Waals surface area contributed by atoms with Gasteiger partial charge in [0.05, 0.1) is 11.2 Å². The third-order valence-electron chi connectivity index (χ3n) is 3.00. The molecule has 2 aromatic carbocycles. The molecule has 0 unspecified atom stereocenters. The lowest BCUT2D eigenvalue weighted by atomic mass is 10.2. The molecule has 1 aromatic heterocycles. The van der Waals surface area contributed by atoms with Gasteiger partial charge in [0.15, 0.2) is 0 Å². The molecular formula is C16H12Cl2N4O. The Bertz CT molecular complexity index is 804. The standard InChI is InChI=1S/C16H12Cl2N4O/c17-14-6-13(8-21-22-10-19-20-11-22)16(15(18)7-14)23-9-12-4-2-1-3-5-12/h1-8,10-11H,9H2/b21-8-. The van der Waals surface area contributed by atoms with E-state index in [2.05, 4.69) is 15.3 Å². The smallest absolute Gasteiger partial charge is 0.147 e. The minimum atomic E-state index is 0.398. The minimum Gasteiger partial charge on any atom is -0.487 e. The van der Waals surface area contributed by atoms with Gasteiger partial charge in [0.25, 0.3) is 0 Å². The van der Waals surface area contributed by atoms with Gasteiger partial charge in [0.2, 0.25) is 0 Å². The van der Waals surface area contributed by atoms with E-state index in [1.807, 2.05) is 30.3 Å². The summed E-state index contributed by atoms with van der Waals surface area (Å²) in [4.78, 5) is 0. The first kappa shape index (κ1) is 15.5. The zero-order valence-electron chi connectivity index (χ0n) is 11.9. The summed E-state index contributed by atoms with van der Waals surface area (Å²) >= 11 is 12.3. The second-order valence-corrected chi connectivity index (χ2v) is 5.51. The number of aromatic nitrogens is 3. The summed E-state index contributed by atoms with van der Waals surface area (Å²) < 4.78 is 7.32. The highest BCUT2D eigenvalue weighted by Gasteiger charge is 2.10. The molecule has 3 rings (SSSR count). The van der Waals surface area contributed by atoms with Crippen molar-refractivity contribution in [2.24, 2.45) is 5.10 Å². The van der Waals surface area contributed by atoms with Crippen molar-refractivity contribution in [1.29, 1.82) is 0 Å². The normalized spacial score (nSPS) is 11.0. The monoisotopic (exact) mass is 346 g/mol. The maximum atomic E-state index is 6.26. The number of hydrogen-bond acceptors (Lipinski definition) is 4. The van der Waals surface area contributed by atoms with Gasteiger partial charge < -0.3 is 4.74 Å². The van der Waals surface area contributed by atoms with E-state index < -0.39 is 0 Å². The van der Waals surface area contributed by atoms with Crippen LogP contribution in [0.3, 0.4) is 0 Å². The van der Waals surface area contributed by atoms with E-state index in [9.17, 15) is 0 Å². The van der Waals surface area contributed by atoms with Gasteiger partial charge in [-0.2, -0.15) is 5.10 Å². The first-order valence-electron chi connectivity index (χ1n) is 6.77. The fourth-order valence-corrected chi connectivity index (χ4v) is 2.51. The molecule has 0 N–H and O–H groups in total. The average molecular weight is 347 g/mol. The number of benzene rings is 2. The quantitative estimate of drug-likeness (QED) is 0.655. The highest BCUT2D eigenvalue weighted by molar-refractivity contribution is 6.36. The SMILES string of the molecule is Clc1cc(Cl)c(OCc2ccccc2)c(/C=N\n2cnnc2)c1. The average Bonchev–Trinajstić information content (AvgIpc) is 3.06. The van der Waals surface area contributed by atoms with E-state index in [0.29, 0.717) is 28.0 Å². The molecule has 1 heterocycles. The highest BCUT2D eigenvalue weighted by Crippen LogP contribution is 2.32. The molecule has 0 saturated heterocycles. The molecule has 116 valence electrons. The Balaban J connectivity index is 1.86. The number of halogens is 2. The molecule has 23 heavy (non-hydrogen) atoms. The van der Waals surface area contributed by atoms with Crippen molar-refractivity contribution in [2.45, 2.75) is 6.61 Å². The van der Waals surface area contributed by atoms with Gasteiger partial charge in [-0.1, -0.05) is 53.5 Å². The van der Waals surface area contributed by atoms with Gasteiger partial charge in [0, 0.05) is 10.6 Å². The number of hydrogen-bond donors (Lipinski definition) is 0. The second-order valence-electron chi connectivity index (χ2n) is 4.67. The van der Waals surface area contributed by atoms with Crippen LogP contribution in [0.1, 0.15) is 11.1 Å². The summed E-state index contributed by atoms with van der Waals surface area (Å²) in [7, 11) is 0. The molecule has 0 atom stereocenters. The first-order valence-corrected chi connectivity index (χ1v) is 7.53. The molecule has 3 aromatic rings. The number of nitrogens with zero attached hydrogens (tertiary/aromatic N) is 4. The lowest BCUT2D eigenvalue weighted by Gasteiger charge is -2.11. The van der Waals surface area contributed by atoms with Crippen molar-refractivity contribution < 1.29 is 4.74 Å². The van der Waals surface area contributed by atoms with Gasteiger partial charge in [-0.05, 0) is 17.7 Å². The predicted molar refractivity (Wildman–Crippen MR) is 90.2 cm³/mol. The molecule has 0 aliphatic rings. The van der Waals surface area contributed by atoms with Crippen molar-refractivity contribution in [3.8, 4) is 5.75 Å². The maximum Gasteiger partial charge on any atom is 0.147 e. The van der Waals surface area contributed by atoms with Crippen LogP contribution in [0.5, 0.6) is 5.75 Å². The Morgan fingerprint density at radius 3 is 2.57 bits per heavy atom. The van der Waals surface area contributed by atoms with E-state index in [1.54, 1.807) is 18.3 Å². The lowest BCUT2D eigenvalue weighted by molar-refractivity contribution is 0.306. The summed E-state index contributed by atoms with van der Waals surface area (Å²) in [5.41, 5.74) is 1.72. The van der Waals surface area contributed by atoms with E-state index >= 15 is 0 Å². The number of ether oxygens (including phenoxy) is 1. The topological polar surface area (TPSA) is 52.3 Å². The zero-order valence-corrected chi connectivity index (χ0v) is 13.4. The summed E-state index contributed by atoms with van der Waals surface area (Å²) in [5, 5.41) is 12.5. The largest absolute Gasteiger partial charge is 0.487 e. The van der Waals surface area contributed by atoms with Crippen molar-refractivity contribution in [3.63, 3.8) is 0 Å². The van der Waals surface area contributed by atoms with E-state index in [4.69, 9.17) is 27.9 Å². The molecule has 0 saturated carbocycles. The van der Waals surface area contributed by atoms with Gasteiger partial charge in [-0.25, -0.2) is 4.68 Å². The Hall–Kier alpha value is -2.37. The van der Waals surface area contributed by atoms with E-state index in [0.717, 1.165) is 5.56 Å². The molecule has 0 spiro atoms. The third-order valence-corrected chi connectivity index (χ3v) is 3.50. The van der Waals surface area contributed by atoms with E-state index in [1.165, 1.54) is 17.3 Å². The predicted octanol–water partition coefficient (Wildman–Crippen LogP) is 4.05. The van der Waals surface area contributed by atoms with Crippen LogP contribution < -0.4 is 4.74 Å². The second kappa shape index (κ2) is 7.26. The summed E-state index contributed by atoms with van der Waals surface area (Å²) in [5.74, 6) is 0.525. The highest BCUT2D eigenvalue weighted by atomic mass is 35.5. The fourth-order valence-electron chi connectivity index (χ4n) is 1.94. The molecule has 0 aliphatic heterocycles. The summed E-state index contributed by atoms with van der Waals surface area (Å²) in [6.07, 6.45) is 4.56. The molecule has 7 heteroatoms.